The van der Waals surface area contributed by atoms with Crippen molar-refractivity contribution < 1.29 is 13.5 Å². The van der Waals surface area contributed by atoms with Gasteiger partial charge in [-0.25, -0.2) is 13.1 Å². The van der Waals surface area contributed by atoms with Crippen LogP contribution in [0.1, 0.15) is 31.7 Å². The van der Waals surface area contributed by atoms with Gasteiger partial charge in [-0.05, 0) is 32.9 Å². The normalized spacial score (nSPS) is 19.1. The summed E-state index contributed by atoms with van der Waals surface area (Å²) in [4.78, 5) is 2.30. The predicted molar refractivity (Wildman–Crippen MR) is 74.6 cm³/mol. The Morgan fingerprint density at radius 2 is 2.15 bits per heavy atom. The third-order valence-corrected chi connectivity index (χ3v) is 5.14. The van der Waals surface area contributed by atoms with Gasteiger partial charge >= 0.3 is 0 Å². The van der Waals surface area contributed by atoms with Gasteiger partial charge in [-0.15, -0.1) is 0 Å². The second-order valence-electron chi connectivity index (χ2n) is 5.18. The standard InChI is InChI=1S/C12H22N4O3S/c1-10(16-5-3-2-4-6-16)7-14-20(18,19)12-11(9-17)8-13-15-12/h8,10,14,17H,2-7,9H2,1H3,(H,13,15). The summed E-state index contributed by atoms with van der Waals surface area (Å²) < 4.78 is 26.9. The van der Waals surface area contributed by atoms with Crippen LogP contribution in [-0.2, 0) is 16.6 Å². The molecule has 0 radical (unpaired) electrons. The number of aromatic nitrogens is 2. The summed E-state index contributed by atoms with van der Waals surface area (Å²) in [5.41, 5.74) is 0.281. The molecule has 0 bridgehead atoms. The number of hydrogen-bond donors (Lipinski definition) is 3. The molecule has 1 aromatic rings. The fourth-order valence-corrected chi connectivity index (χ4v) is 3.68. The summed E-state index contributed by atoms with van der Waals surface area (Å²) >= 11 is 0. The number of likely N-dealkylation sites (tertiary alicyclic amines) is 1. The van der Waals surface area contributed by atoms with Crippen LogP contribution in [0.3, 0.4) is 0 Å². The maximum atomic E-state index is 12.1. The van der Waals surface area contributed by atoms with Crippen molar-refractivity contribution in [3.05, 3.63) is 11.8 Å². The first-order valence-corrected chi connectivity index (χ1v) is 8.39. The zero-order chi connectivity index (χ0) is 14.6. The summed E-state index contributed by atoms with van der Waals surface area (Å²) in [6.07, 6.45) is 4.92. The number of hydrogen-bond acceptors (Lipinski definition) is 5. The second kappa shape index (κ2) is 6.66. The molecule has 1 atom stereocenters. The van der Waals surface area contributed by atoms with E-state index in [4.69, 9.17) is 5.11 Å². The third kappa shape index (κ3) is 3.57. The summed E-state index contributed by atoms with van der Waals surface area (Å²) in [6, 6.07) is 0.158. The first-order chi connectivity index (χ1) is 9.54. The fraction of sp³-hybridized carbons (Fsp3) is 0.750. The maximum absolute atomic E-state index is 12.1. The zero-order valence-corrected chi connectivity index (χ0v) is 12.5. The van der Waals surface area contributed by atoms with E-state index in [1.165, 1.54) is 25.5 Å². The van der Waals surface area contributed by atoms with Crippen LogP contribution in [0, 0.1) is 0 Å². The van der Waals surface area contributed by atoms with Crippen molar-refractivity contribution in [3.63, 3.8) is 0 Å². The van der Waals surface area contributed by atoms with E-state index >= 15 is 0 Å². The number of aliphatic hydroxyl groups excluding tert-OH is 1. The number of H-pyrrole nitrogens is 1. The molecule has 1 saturated heterocycles. The highest BCUT2D eigenvalue weighted by molar-refractivity contribution is 7.89. The SMILES string of the molecule is CC(CNS(=O)(=O)c1[nH]ncc1CO)N1CCCCC1. The Morgan fingerprint density at radius 3 is 2.80 bits per heavy atom. The zero-order valence-electron chi connectivity index (χ0n) is 11.7. The van der Waals surface area contributed by atoms with Crippen molar-refractivity contribution in [2.45, 2.75) is 43.9 Å². The average molecular weight is 302 g/mol. The van der Waals surface area contributed by atoms with E-state index in [0.717, 1.165) is 13.1 Å². The molecule has 0 amide bonds. The Balaban J connectivity index is 1.95. The smallest absolute Gasteiger partial charge is 0.257 e. The van der Waals surface area contributed by atoms with Crippen molar-refractivity contribution in [1.82, 2.24) is 19.8 Å². The summed E-state index contributed by atoms with van der Waals surface area (Å²) in [5, 5.41) is 15.1. The molecule has 2 heterocycles. The van der Waals surface area contributed by atoms with Crippen LogP contribution in [0.5, 0.6) is 0 Å². The van der Waals surface area contributed by atoms with Crippen molar-refractivity contribution in [3.8, 4) is 0 Å². The van der Waals surface area contributed by atoms with Crippen LogP contribution >= 0.6 is 0 Å². The van der Waals surface area contributed by atoms with Crippen molar-refractivity contribution in [2.24, 2.45) is 0 Å². The van der Waals surface area contributed by atoms with Gasteiger partial charge in [0, 0.05) is 18.2 Å². The number of sulfonamides is 1. The molecule has 1 fully saturated rings. The molecule has 114 valence electrons. The highest BCUT2D eigenvalue weighted by Gasteiger charge is 2.23. The van der Waals surface area contributed by atoms with Crippen LogP contribution in [0.2, 0.25) is 0 Å². The molecule has 0 aliphatic carbocycles. The molecule has 2 rings (SSSR count). The molecule has 1 unspecified atom stereocenters. The highest BCUT2D eigenvalue weighted by Crippen LogP contribution is 2.14. The minimum atomic E-state index is -3.65. The molecule has 1 aliphatic rings. The Hall–Kier alpha value is -0.960. The van der Waals surface area contributed by atoms with Gasteiger partial charge in [0.15, 0.2) is 5.03 Å². The van der Waals surface area contributed by atoms with Crippen LogP contribution in [0.15, 0.2) is 11.2 Å². The van der Waals surface area contributed by atoms with E-state index in [-0.39, 0.29) is 23.2 Å². The van der Waals surface area contributed by atoms with Gasteiger partial charge < -0.3 is 5.11 Å². The summed E-state index contributed by atoms with van der Waals surface area (Å²) in [6.45, 7) is 4.07. The van der Waals surface area contributed by atoms with Crippen LogP contribution in [-0.4, -0.2) is 54.3 Å². The van der Waals surface area contributed by atoms with Gasteiger partial charge in [0.1, 0.15) is 0 Å². The molecule has 0 spiro atoms. The van der Waals surface area contributed by atoms with E-state index in [0.29, 0.717) is 6.54 Å². The molecule has 3 N–H and O–H groups in total. The lowest BCUT2D eigenvalue weighted by Gasteiger charge is -2.32. The van der Waals surface area contributed by atoms with Crippen molar-refractivity contribution in [1.29, 1.82) is 0 Å². The van der Waals surface area contributed by atoms with E-state index in [2.05, 4.69) is 19.8 Å². The Labute approximate surface area is 119 Å². The number of rotatable bonds is 6. The fourth-order valence-electron chi connectivity index (χ4n) is 2.44. The van der Waals surface area contributed by atoms with Crippen molar-refractivity contribution >= 4 is 10.0 Å². The lowest BCUT2D eigenvalue weighted by molar-refractivity contribution is 0.175. The van der Waals surface area contributed by atoms with E-state index in [1.807, 2.05) is 6.92 Å². The summed E-state index contributed by atoms with van der Waals surface area (Å²) in [5.74, 6) is 0. The van der Waals surface area contributed by atoms with Gasteiger partial charge in [-0.1, -0.05) is 6.42 Å². The average Bonchev–Trinajstić information content (AvgIpc) is 2.95. The molecular formula is C12H22N4O3S. The third-order valence-electron chi connectivity index (χ3n) is 3.70. The predicted octanol–water partition coefficient (Wildman–Crippen LogP) is 0.0547. The molecular weight excluding hydrogens is 280 g/mol. The first-order valence-electron chi connectivity index (χ1n) is 6.91. The quantitative estimate of drug-likeness (QED) is 0.690. The number of aromatic amines is 1. The van der Waals surface area contributed by atoms with Crippen molar-refractivity contribution in [2.75, 3.05) is 19.6 Å². The molecule has 0 saturated carbocycles. The number of piperidine rings is 1. The lowest BCUT2D eigenvalue weighted by Crippen LogP contribution is -2.44. The van der Waals surface area contributed by atoms with Crippen LogP contribution in [0.25, 0.3) is 0 Å². The van der Waals surface area contributed by atoms with Crippen LogP contribution < -0.4 is 4.72 Å². The van der Waals surface area contributed by atoms with E-state index in [9.17, 15) is 8.42 Å². The minimum absolute atomic E-state index is 0.0501. The van der Waals surface area contributed by atoms with Gasteiger partial charge in [-0.3, -0.25) is 10.00 Å². The Bertz CT molecular complexity index is 523. The molecule has 8 heteroatoms. The van der Waals surface area contributed by atoms with E-state index in [1.54, 1.807) is 0 Å². The number of nitrogens with one attached hydrogen (secondary N) is 2. The molecule has 1 aromatic heterocycles. The van der Waals surface area contributed by atoms with E-state index < -0.39 is 10.0 Å². The van der Waals surface area contributed by atoms with Crippen LogP contribution in [0.4, 0.5) is 0 Å². The largest absolute Gasteiger partial charge is 0.392 e. The maximum Gasteiger partial charge on any atom is 0.257 e. The second-order valence-corrected chi connectivity index (χ2v) is 6.88. The molecule has 7 nitrogen and oxygen atoms in total. The Kier molecular flexibility index (Phi) is 5.14. The monoisotopic (exact) mass is 302 g/mol. The lowest BCUT2D eigenvalue weighted by atomic mass is 10.1. The number of nitrogens with zero attached hydrogens (tertiary/aromatic N) is 2. The summed E-state index contributed by atoms with van der Waals surface area (Å²) in [7, 11) is -3.65. The van der Waals surface area contributed by atoms with Gasteiger partial charge in [0.05, 0.1) is 12.8 Å². The highest BCUT2D eigenvalue weighted by atomic mass is 32.2. The Morgan fingerprint density at radius 1 is 1.45 bits per heavy atom. The van der Waals surface area contributed by atoms with Gasteiger partial charge in [0.25, 0.3) is 10.0 Å². The van der Waals surface area contributed by atoms with Gasteiger partial charge in [0.2, 0.25) is 0 Å². The number of aliphatic hydroxyl groups is 1. The van der Waals surface area contributed by atoms with Gasteiger partial charge in [-0.2, -0.15) is 5.10 Å². The molecule has 1 aliphatic heterocycles. The molecule has 0 aromatic carbocycles. The topological polar surface area (TPSA) is 98.3 Å². The molecule has 20 heavy (non-hydrogen) atoms. The minimum Gasteiger partial charge on any atom is -0.392 e. The first kappa shape index (κ1) is 15.4.